The Labute approximate surface area is 131 Å². The van der Waals surface area contributed by atoms with Crippen LogP contribution in [0.3, 0.4) is 0 Å². The van der Waals surface area contributed by atoms with Crippen molar-refractivity contribution in [3.63, 3.8) is 0 Å². The van der Waals surface area contributed by atoms with Crippen LogP contribution in [0.2, 0.25) is 0 Å². The summed E-state index contributed by atoms with van der Waals surface area (Å²) < 4.78 is 11.7. The third-order valence-electron chi connectivity index (χ3n) is 4.17. The summed E-state index contributed by atoms with van der Waals surface area (Å²) in [7, 11) is 0. The van der Waals surface area contributed by atoms with Crippen molar-refractivity contribution in [2.75, 3.05) is 0 Å². The van der Waals surface area contributed by atoms with Gasteiger partial charge in [0.1, 0.15) is 23.0 Å². The minimum atomic E-state index is -0.963. The minimum Gasteiger partial charge on any atom is -0.490 e. The van der Waals surface area contributed by atoms with Gasteiger partial charge in [-0.2, -0.15) is 0 Å². The number of carboxylic acids is 1. The average molecular weight is 310 g/mol. The highest BCUT2D eigenvalue weighted by Gasteiger charge is 2.24. The summed E-state index contributed by atoms with van der Waals surface area (Å²) in [5.41, 5.74) is 2.08. The molecule has 2 heterocycles. The molecule has 0 aliphatic carbocycles. The second-order valence-corrected chi connectivity index (χ2v) is 5.85. The third kappa shape index (κ3) is 2.08. The summed E-state index contributed by atoms with van der Waals surface area (Å²) in [5.74, 6) is -0.237. The molecule has 0 radical (unpaired) electrons. The summed E-state index contributed by atoms with van der Waals surface area (Å²) >= 11 is 0. The fraction of sp³-hybridized carbons (Fsp3) is 0.222. The lowest BCUT2D eigenvalue weighted by Gasteiger charge is -2.07. The molecule has 5 heteroatoms. The first-order valence-electron chi connectivity index (χ1n) is 7.43. The molecule has 0 fully saturated rings. The number of hydrogen-bond acceptors (Lipinski definition) is 4. The van der Waals surface area contributed by atoms with Crippen LogP contribution in [0.4, 0.5) is 0 Å². The first kappa shape index (κ1) is 13.8. The molecule has 1 atom stereocenters. The topological polar surface area (TPSA) is 76.7 Å². The van der Waals surface area contributed by atoms with Gasteiger partial charge in [0.2, 0.25) is 5.43 Å². The lowest BCUT2D eigenvalue weighted by molar-refractivity contribution is -0.136. The van der Waals surface area contributed by atoms with E-state index in [-0.39, 0.29) is 18.0 Å². The highest BCUT2D eigenvalue weighted by molar-refractivity contribution is 5.94. The number of hydrogen-bond donors (Lipinski definition) is 1. The van der Waals surface area contributed by atoms with E-state index < -0.39 is 5.97 Å². The van der Waals surface area contributed by atoms with Gasteiger partial charge in [0.15, 0.2) is 0 Å². The quantitative estimate of drug-likeness (QED) is 0.736. The molecule has 0 saturated carbocycles. The Bertz CT molecular complexity index is 1020. The number of carbonyl (C=O) groups is 1. The summed E-state index contributed by atoms with van der Waals surface area (Å²) in [6.45, 7) is 1.96. The van der Waals surface area contributed by atoms with Crippen LogP contribution >= 0.6 is 0 Å². The monoisotopic (exact) mass is 310 g/mol. The van der Waals surface area contributed by atoms with Crippen LogP contribution in [0.15, 0.2) is 39.5 Å². The molecule has 0 bridgehead atoms. The third-order valence-corrected chi connectivity index (χ3v) is 4.17. The summed E-state index contributed by atoms with van der Waals surface area (Å²) in [6.07, 6.45) is 0.515. The Kier molecular flexibility index (Phi) is 2.91. The SMILES string of the molecule is C[C@@H]1Cc2c(ccc3c(=O)c4cccc(CC(=O)O)c4oc23)O1. The van der Waals surface area contributed by atoms with Gasteiger partial charge in [0, 0.05) is 17.5 Å². The van der Waals surface area contributed by atoms with E-state index in [1.807, 2.05) is 6.92 Å². The standard InChI is InChI=1S/C18H14O5/c1-9-7-13-14(22-9)6-5-12-16(21)11-4-2-3-10(8-15(19)20)17(11)23-18(12)13/h2-6,9H,7-8H2,1H3,(H,19,20)/t9-/m1/s1. The molecule has 1 aromatic heterocycles. The maximum atomic E-state index is 12.8. The van der Waals surface area contributed by atoms with Crippen LogP contribution in [0, 0.1) is 0 Å². The van der Waals surface area contributed by atoms with E-state index in [9.17, 15) is 9.59 Å². The van der Waals surface area contributed by atoms with Gasteiger partial charge < -0.3 is 14.3 Å². The zero-order valence-electron chi connectivity index (χ0n) is 12.5. The molecule has 0 unspecified atom stereocenters. The Morgan fingerprint density at radius 3 is 2.78 bits per heavy atom. The van der Waals surface area contributed by atoms with E-state index in [0.29, 0.717) is 33.9 Å². The molecule has 116 valence electrons. The van der Waals surface area contributed by atoms with Crippen molar-refractivity contribution >= 4 is 27.9 Å². The molecular weight excluding hydrogens is 296 g/mol. The van der Waals surface area contributed by atoms with E-state index in [0.717, 1.165) is 11.3 Å². The van der Waals surface area contributed by atoms with Gasteiger partial charge in [0.25, 0.3) is 0 Å². The molecule has 1 aliphatic heterocycles. The van der Waals surface area contributed by atoms with Gasteiger partial charge in [0.05, 0.1) is 17.2 Å². The number of carboxylic acid groups (broad SMARTS) is 1. The van der Waals surface area contributed by atoms with Crippen molar-refractivity contribution in [3.8, 4) is 5.75 Å². The molecule has 0 saturated heterocycles. The summed E-state index contributed by atoms with van der Waals surface area (Å²) in [4.78, 5) is 23.8. The fourth-order valence-electron chi connectivity index (χ4n) is 3.19. The number of rotatable bonds is 2. The molecule has 3 aromatic rings. The molecule has 2 aromatic carbocycles. The second kappa shape index (κ2) is 4.84. The average Bonchev–Trinajstić information content (AvgIpc) is 2.88. The van der Waals surface area contributed by atoms with E-state index in [2.05, 4.69) is 0 Å². The van der Waals surface area contributed by atoms with Crippen LogP contribution in [-0.2, 0) is 17.6 Å². The minimum absolute atomic E-state index is 0.0332. The van der Waals surface area contributed by atoms with Gasteiger partial charge in [-0.15, -0.1) is 0 Å². The van der Waals surface area contributed by atoms with E-state index in [1.165, 1.54) is 0 Å². The smallest absolute Gasteiger partial charge is 0.307 e. The fourth-order valence-corrected chi connectivity index (χ4v) is 3.19. The number of benzene rings is 2. The van der Waals surface area contributed by atoms with Crippen LogP contribution in [-0.4, -0.2) is 17.2 Å². The Morgan fingerprint density at radius 1 is 1.22 bits per heavy atom. The maximum Gasteiger partial charge on any atom is 0.307 e. The van der Waals surface area contributed by atoms with Crippen molar-refractivity contribution in [2.24, 2.45) is 0 Å². The van der Waals surface area contributed by atoms with Crippen molar-refractivity contribution in [3.05, 3.63) is 51.7 Å². The Hall–Kier alpha value is -2.82. The van der Waals surface area contributed by atoms with Crippen LogP contribution < -0.4 is 10.2 Å². The molecule has 4 rings (SSSR count). The zero-order chi connectivity index (χ0) is 16.1. The van der Waals surface area contributed by atoms with Crippen LogP contribution in [0.1, 0.15) is 18.1 Å². The second-order valence-electron chi connectivity index (χ2n) is 5.85. The maximum absolute atomic E-state index is 12.8. The van der Waals surface area contributed by atoms with Crippen molar-refractivity contribution < 1.29 is 19.1 Å². The van der Waals surface area contributed by atoms with Gasteiger partial charge in [-0.3, -0.25) is 9.59 Å². The lowest BCUT2D eigenvalue weighted by atomic mass is 10.0. The van der Waals surface area contributed by atoms with Crippen molar-refractivity contribution in [1.82, 2.24) is 0 Å². The highest BCUT2D eigenvalue weighted by atomic mass is 16.5. The summed E-state index contributed by atoms with van der Waals surface area (Å²) in [5, 5.41) is 9.97. The molecule has 0 spiro atoms. The molecule has 1 N–H and O–H groups in total. The molecule has 23 heavy (non-hydrogen) atoms. The number of ether oxygens (including phenoxy) is 1. The Morgan fingerprint density at radius 2 is 2.00 bits per heavy atom. The highest BCUT2D eigenvalue weighted by Crippen LogP contribution is 2.35. The normalized spacial score (nSPS) is 16.5. The lowest BCUT2D eigenvalue weighted by Crippen LogP contribution is -2.07. The largest absolute Gasteiger partial charge is 0.490 e. The number of para-hydroxylation sites is 1. The molecule has 5 nitrogen and oxygen atoms in total. The van der Waals surface area contributed by atoms with Crippen LogP contribution in [0.5, 0.6) is 5.75 Å². The molecular formula is C18H14O5. The van der Waals surface area contributed by atoms with Crippen molar-refractivity contribution in [2.45, 2.75) is 25.9 Å². The predicted octanol–water partition coefficient (Wildman–Crippen LogP) is 2.90. The van der Waals surface area contributed by atoms with E-state index in [1.54, 1.807) is 30.3 Å². The van der Waals surface area contributed by atoms with E-state index >= 15 is 0 Å². The van der Waals surface area contributed by atoms with Gasteiger partial charge >= 0.3 is 5.97 Å². The Balaban J connectivity index is 2.10. The van der Waals surface area contributed by atoms with Gasteiger partial charge in [-0.1, -0.05) is 12.1 Å². The number of fused-ring (bicyclic) bond motifs is 4. The number of aliphatic carboxylic acids is 1. The molecule has 0 amide bonds. The summed E-state index contributed by atoms with van der Waals surface area (Å²) in [6, 6.07) is 8.53. The van der Waals surface area contributed by atoms with Crippen LogP contribution in [0.25, 0.3) is 21.9 Å². The van der Waals surface area contributed by atoms with Gasteiger partial charge in [-0.25, -0.2) is 0 Å². The molecule has 1 aliphatic rings. The predicted molar refractivity (Wildman–Crippen MR) is 85.1 cm³/mol. The first-order chi connectivity index (χ1) is 11.0. The van der Waals surface area contributed by atoms with Gasteiger partial charge in [-0.05, 0) is 25.1 Å². The van der Waals surface area contributed by atoms with E-state index in [4.69, 9.17) is 14.3 Å². The first-order valence-corrected chi connectivity index (χ1v) is 7.43. The van der Waals surface area contributed by atoms with Crippen molar-refractivity contribution in [1.29, 1.82) is 0 Å². The zero-order valence-corrected chi connectivity index (χ0v) is 12.5.